The summed E-state index contributed by atoms with van der Waals surface area (Å²) in [6, 6.07) is 6.00. The van der Waals surface area contributed by atoms with Crippen molar-refractivity contribution in [2.24, 2.45) is 0 Å². The topological polar surface area (TPSA) is 52.7 Å². The van der Waals surface area contributed by atoms with Gasteiger partial charge in [-0.15, -0.1) is 0 Å². The highest BCUT2D eigenvalue weighted by atomic mass is 19.1. The Labute approximate surface area is 141 Å². The molecular weight excluding hydrogens is 309 g/mol. The Balaban J connectivity index is 1.50. The monoisotopic (exact) mass is 333 g/mol. The van der Waals surface area contributed by atoms with E-state index in [1.807, 2.05) is 0 Å². The number of halogens is 1. The summed E-state index contributed by atoms with van der Waals surface area (Å²) in [4.78, 5) is 28.2. The van der Waals surface area contributed by atoms with E-state index in [-0.39, 0.29) is 11.9 Å². The lowest BCUT2D eigenvalue weighted by Crippen LogP contribution is -2.54. The van der Waals surface area contributed by atoms with E-state index in [4.69, 9.17) is 0 Å². The van der Waals surface area contributed by atoms with Crippen molar-refractivity contribution in [2.45, 2.75) is 38.1 Å². The lowest BCUT2D eigenvalue weighted by Gasteiger charge is -2.36. The van der Waals surface area contributed by atoms with E-state index in [0.717, 1.165) is 12.8 Å². The van der Waals surface area contributed by atoms with Crippen molar-refractivity contribution < 1.29 is 14.0 Å². The first kappa shape index (κ1) is 16.7. The van der Waals surface area contributed by atoms with Crippen molar-refractivity contribution in [3.63, 3.8) is 0 Å². The lowest BCUT2D eigenvalue weighted by molar-refractivity contribution is 0.0662. The molecule has 2 fully saturated rings. The van der Waals surface area contributed by atoms with Gasteiger partial charge in [0.1, 0.15) is 5.82 Å². The zero-order valence-corrected chi connectivity index (χ0v) is 13.8. The zero-order chi connectivity index (χ0) is 16.9. The van der Waals surface area contributed by atoms with Crippen molar-refractivity contribution >= 4 is 11.9 Å². The number of amides is 3. The molecule has 6 heteroatoms. The standard InChI is InChI=1S/C18H24FN3O2/c19-15-6-4-5-14(13-15)17(23)21-9-11-22(12-10-21)18(24)20-16-7-2-1-3-8-16/h4-6,13,16H,1-3,7-12H2,(H,20,24). The molecule has 3 rings (SSSR count). The second-order valence-corrected chi connectivity index (χ2v) is 6.57. The fraction of sp³-hybridized carbons (Fsp3) is 0.556. The number of benzene rings is 1. The van der Waals surface area contributed by atoms with Gasteiger partial charge < -0.3 is 15.1 Å². The van der Waals surface area contributed by atoms with Crippen LogP contribution in [0.4, 0.5) is 9.18 Å². The maximum absolute atomic E-state index is 13.3. The van der Waals surface area contributed by atoms with Gasteiger partial charge in [0, 0.05) is 37.8 Å². The number of hydrogen-bond donors (Lipinski definition) is 1. The molecular formula is C18H24FN3O2. The van der Waals surface area contributed by atoms with Crippen LogP contribution in [0, 0.1) is 5.82 Å². The first-order chi connectivity index (χ1) is 11.6. The van der Waals surface area contributed by atoms with Crippen LogP contribution in [0.5, 0.6) is 0 Å². The van der Waals surface area contributed by atoms with E-state index in [0.29, 0.717) is 37.8 Å². The number of nitrogens with one attached hydrogen (secondary N) is 1. The molecule has 24 heavy (non-hydrogen) atoms. The summed E-state index contributed by atoms with van der Waals surface area (Å²) in [7, 11) is 0. The van der Waals surface area contributed by atoms with Crippen LogP contribution >= 0.6 is 0 Å². The van der Waals surface area contributed by atoms with Crippen LogP contribution in [0.25, 0.3) is 0 Å². The molecule has 1 aliphatic heterocycles. The molecule has 3 amide bonds. The van der Waals surface area contributed by atoms with Crippen LogP contribution in [0.2, 0.25) is 0 Å². The molecule has 1 N–H and O–H groups in total. The smallest absolute Gasteiger partial charge is 0.317 e. The summed E-state index contributed by atoms with van der Waals surface area (Å²) in [5.41, 5.74) is 0.357. The van der Waals surface area contributed by atoms with Crippen molar-refractivity contribution in [2.75, 3.05) is 26.2 Å². The molecule has 1 saturated carbocycles. The average Bonchev–Trinajstić information content (AvgIpc) is 2.62. The van der Waals surface area contributed by atoms with Crippen molar-refractivity contribution in [3.8, 4) is 0 Å². The summed E-state index contributed by atoms with van der Waals surface area (Å²) in [6.45, 7) is 1.99. The zero-order valence-electron chi connectivity index (χ0n) is 13.8. The van der Waals surface area contributed by atoms with E-state index in [9.17, 15) is 14.0 Å². The second kappa shape index (κ2) is 7.64. The predicted octanol–water partition coefficient (Wildman–Crippen LogP) is 2.63. The first-order valence-electron chi connectivity index (χ1n) is 8.74. The molecule has 1 saturated heterocycles. The molecule has 1 aromatic rings. The van der Waals surface area contributed by atoms with Crippen molar-refractivity contribution in [1.29, 1.82) is 0 Å². The number of piperazine rings is 1. The van der Waals surface area contributed by atoms with Gasteiger partial charge in [-0.3, -0.25) is 4.79 Å². The van der Waals surface area contributed by atoms with Gasteiger partial charge in [0.25, 0.3) is 5.91 Å². The Morgan fingerprint density at radius 2 is 1.67 bits per heavy atom. The quantitative estimate of drug-likeness (QED) is 0.904. The van der Waals surface area contributed by atoms with Gasteiger partial charge in [-0.05, 0) is 31.0 Å². The van der Waals surface area contributed by atoms with Gasteiger partial charge >= 0.3 is 6.03 Å². The summed E-state index contributed by atoms with van der Waals surface area (Å²) in [6.07, 6.45) is 5.74. The number of carbonyl (C=O) groups is 2. The number of urea groups is 1. The van der Waals surface area contributed by atoms with Gasteiger partial charge in [0.05, 0.1) is 0 Å². The van der Waals surface area contributed by atoms with Crippen LogP contribution in [-0.4, -0.2) is 54.0 Å². The minimum atomic E-state index is -0.411. The summed E-state index contributed by atoms with van der Waals surface area (Å²) in [5, 5.41) is 3.11. The van der Waals surface area contributed by atoms with Gasteiger partial charge in [0.15, 0.2) is 0 Å². The molecule has 130 valence electrons. The van der Waals surface area contributed by atoms with E-state index in [1.54, 1.807) is 15.9 Å². The first-order valence-corrected chi connectivity index (χ1v) is 8.74. The van der Waals surface area contributed by atoms with Crippen molar-refractivity contribution in [3.05, 3.63) is 35.6 Å². The molecule has 0 spiro atoms. The third-order valence-corrected chi connectivity index (χ3v) is 4.86. The normalized spacial score (nSPS) is 19.2. The third kappa shape index (κ3) is 4.04. The highest BCUT2D eigenvalue weighted by Gasteiger charge is 2.26. The Morgan fingerprint density at radius 3 is 2.33 bits per heavy atom. The third-order valence-electron chi connectivity index (χ3n) is 4.86. The van der Waals surface area contributed by atoms with Crippen LogP contribution in [-0.2, 0) is 0 Å². The van der Waals surface area contributed by atoms with Gasteiger partial charge in [-0.25, -0.2) is 9.18 Å². The second-order valence-electron chi connectivity index (χ2n) is 6.57. The molecule has 1 aliphatic carbocycles. The maximum Gasteiger partial charge on any atom is 0.317 e. The SMILES string of the molecule is O=C(NC1CCCCC1)N1CCN(C(=O)c2cccc(F)c2)CC1. The fourth-order valence-corrected chi connectivity index (χ4v) is 3.43. The van der Waals surface area contributed by atoms with Crippen molar-refractivity contribution in [1.82, 2.24) is 15.1 Å². The van der Waals surface area contributed by atoms with Gasteiger partial charge in [0.2, 0.25) is 0 Å². The molecule has 0 radical (unpaired) electrons. The fourth-order valence-electron chi connectivity index (χ4n) is 3.43. The molecule has 2 aliphatic rings. The van der Waals surface area contributed by atoms with Crippen LogP contribution in [0.15, 0.2) is 24.3 Å². The molecule has 0 unspecified atom stereocenters. The Morgan fingerprint density at radius 1 is 1.00 bits per heavy atom. The predicted molar refractivity (Wildman–Crippen MR) is 89.3 cm³/mol. The Kier molecular flexibility index (Phi) is 5.33. The minimum absolute atomic E-state index is 0.0280. The highest BCUT2D eigenvalue weighted by molar-refractivity contribution is 5.94. The number of rotatable bonds is 2. The van der Waals surface area contributed by atoms with Gasteiger partial charge in [-0.1, -0.05) is 25.3 Å². The number of nitrogens with zero attached hydrogens (tertiary/aromatic N) is 2. The molecule has 0 bridgehead atoms. The maximum atomic E-state index is 13.3. The number of hydrogen-bond acceptors (Lipinski definition) is 2. The van der Waals surface area contributed by atoms with E-state index >= 15 is 0 Å². The van der Waals surface area contributed by atoms with Crippen LogP contribution in [0.3, 0.4) is 0 Å². The van der Waals surface area contributed by atoms with E-state index in [2.05, 4.69) is 5.32 Å². The molecule has 1 heterocycles. The molecule has 1 aromatic carbocycles. The number of carbonyl (C=O) groups excluding carboxylic acids is 2. The largest absolute Gasteiger partial charge is 0.335 e. The Hall–Kier alpha value is -2.11. The lowest BCUT2D eigenvalue weighted by atomic mass is 9.96. The van der Waals surface area contributed by atoms with E-state index in [1.165, 1.54) is 37.5 Å². The van der Waals surface area contributed by atoms with Crippen LogP contribution < -0.4 is 5.32 Å². The molecule has 0 atom stereocenters. The minimum Gasteiger partial charge on any atom is -0.335 e. The van der Waals surface area contributed by atoms with Crippen LogP contribution in [0.1, 0.15) is 42.5 Å². The van der Waals surface area contributed by atoms with E-state index < -0.39 is 5.82 Å². The summed E-state index contributed by atoms with van der Waals surface area (Å²) < 4.78 is 13.3. The average molecular weight is 333 g/mol. The Bertz CT molecular complexity index is 594. The summed E-state index contributed by atoms with van der Waals surface area (Å²) >= 11 is 0. The highest BCUT2D eigenvalue weighted by Crippen LogP contribution is 2.18. The summed E-state index contributed by atoms with van der Waals surface area (Å²) in [5.74, 6) is -0.590. The molecule has 0 aromatic heterocycles. The molecule has 5 nitrogen and oxygen atoms in total. The van der Waals surface area contributed by atoms with Gasteiger partial charge in [-0.2, -0.15) is 0 Å².